The number of hydrogen-bond acceptors (Lipinski definition) is 2. The molecule has 0 saturated heterocycles. The first kappa shape index (κ1) is 12.4. The van der Waals surface area contributed by atoms with Crippen LogP contribution in [0, 0.1) is 6.92 Å². The van der Waals surface area contributed by atoms with E-state index in [4.69, 9.17) is 5.11 Å². The zero-order chi connectivity index (χ0) is 14.1. The molecule has 0 radical (unpaired) electrons. The highest BCUT2D eigenvalue weighted by Crippen LogP contribution is 2.28. The minimum absolute atomic E-state index is 0.273. The summed E-state index contributed by atoms with van der Waals surface area (Å²) in [6.07, 6.45) is 0. The Kier molecular flexibility index (Phi) is 2.95. The van der Waals surface area contributed by atoms with Gasteiger partial charge in [-0.2, -0.15) is 0 Å². The molecule has 20 heavy (non-hydrogen) atoms. The second kappa shape index (κ2) is 4.78. The predicted octanol–water partition coefficient (Wildman–Crippen LogP) is 3.91. The molecule has 1 N–H and O–H groups in total. The molecule has 0 spiro atoms. The van der Waals surface area contributed by atoms with Crippen LogP contribution in [0.2, 0.25) is 0 Å². The number of aromatic nitrogens is 1. The Hall–Kier alpha value is -2.68. The van der Waals surface area contributed by atoms with E-state index in [2.05, 4.69) is 4.98 Å². The summed E-state index contributed by atoms with van der Waals surface area (Å²) in [6.45, 7) is 1.94. The summed E-state index contributed by atoms with van der Waals surface area (Å²) in [5.41, 5.74) is 2.84. The number of rotatable bonds is 2. The molecule has 3 aromatic rings. The largest absolute Gasteiger partial charge is 0.478 e. The lowest BCUT2D eigenvalue weighted by Gasteiger charge is -2.08. The van der Waals surface area contributed by atoms with Crippen LogP contribution in [0.4, 0.5) is 0 Å². The van der Waals surface area contributed by atoms with Gasteiger partial charge >= 0.3 is 5.97 Å². The number of nitrogens with zero attached hydrogens (tertiary/aromatic N) is 1. The van der Waals surface area contributed by atoms with Gasteiger partial charge in [-0.3, -0.25) is 4.98 Å². The number of carbonyl (C=O) groups is 1. The zero-order valence-corrected chi connectivity index (χ0v) is 11.0. The highest BCUT2D eigenvalue weighted by atomic mass is 16.4. The van der Waals surface area contributed by atoms with E-state index in [1.807, 2.05) is 43.3 Å². The summed E-state index contributed by atoms with van der Waals surface area (Å²) in [7, 11) is 0. The van der Waals surface area contributed by atoms with E-state index < -0.39 is 5.97 Å². The van der Waals surface area contributed by atoms with E-state index in [-0.39, 0.29) is 5.56 Å². The number of hydrogen-bond donors (Lipinski definition) is 1. The van der Waals surface area contributed by atoms with Crippen molar-refractivity contribution in [2.45, 2.75) is 6.92 Å². The van der Waals surface area contributed by atoms with Gasteiger partial charge in [0.2, 0.25) is 0 Å². The summed E-state index contributed by atoms with van der Waals surface area (Å²) < 4.78 is 0. The molecule has 0 unspecified atom stereocenters. The third kappa shape index (κ3) is 2.14. The van der Waals surface area contributed by atoms with Crippen molar-refractivity contribution in [1.29, 1.82) is 0 Å². The summed E-state index contributed by atoms with van der Waals surface area (Å²) in [5, 5.41) is 11.2. The first-order chi connectivity index (χ1) is 9.65. The molecule has 2 aromatic carbocycles. The average Bonchev–Trinajstić information content (AvgIpc) is 2.46. The number of carboxylic acid groups (broad SMARTS) is 1. The zero-order valence-electron chi connectivity index (χ0n) is 11.0. The lowest BCUT2D eigenvalue weighted by atomic mass is 10.0. The van der Waals surface area contributed by atoms with Crippen molar-refractivity contribution in [2.75, 3.05) is 0 Å². The molecule has 1 aromatic heterocycles. The Morgan fingerprint density at radius 3 is 2.65 bits per heavy atom. The minimum atomic E-state index is -0.927. The molecule has 3 rings (SSSR count). The summed E-state index contributed by atoms with van der Waals surface area (Å²) in [6, 6.07) is 16.9. The van der Waals surface area contributed by atoms with E-state index in [9.17, 15) is 4.79 Å². The molecule has 3 heteroatoms. The third-order valence-corrected chi connectivity index (χ3v) is 3.25. The lowest BCUT2D eigenvalue weighted by molar-refractivity contribution is 0.0697. The van der Waals surface area contributed by atoms with Gasteiger partial charge < -0.3 is 5.11 Å². The topological polar surface area (TPSA) is 50.2 Å². The summed E-state index contributed by atoms with van der Waals surface area (Å²) in [5.74, 6) is -0.927. The first-order valence-electron chi connectivity index (χ1n) is 6.35. The van der Waals surface area contributed by atoms with Crippen molar-refractivity contribution in [3.63, 3.8) is 0 Å². The Balaban J connectivity index is 2.29. The van der Waals surface area contributed by atoms with Crippen LogP contribution in [0.5, 0.6) is 0 Å². The van der Waals surface area contributed by atoms with Crippen LogP contribution in [0.25, 0.3) is 22.0 Å². The van der Waals surface area contributed by atoms with Crippen LogP contribution in [-0.2, 0) is 0 Å². The number of benzene rings is 2. The van der Waals surface area contributed by atoms with Crippen molar-refractivity contribution in [2.24, 2.45) is 0 Å². The second-order valence-corrected chi connectivity index (χ2v) is 4.72. The maximum atomic E-state index is 11.1. The Morgan fingerprint density at radius 1 is 1.05 bits per heavy atom. The molecule has 3 nitrogen and oxygen atoms in total. The maximum absolute atomic E-state index is 11.1. The SMILES string of the molecule is Cc1cc2ccccc2c(-c2cccc(C(=O)O)c2)n1. The standard InChI is InChI=1S/C17H13NO2/c1-11-9-12-5-2-3-8-15(12)16(18-11)13-6-4-7-14(10-13)17(19)20/h2-10H,1H3,(H,19,20). The monoisotopic (exact) mass is 263 g/mol. The van der Waals surface area contributed by atoms with E-state index in [0.29, 0.717) is 0 Å². The molecule has 0 aliphatic carbocycles. The van der Waals surface area contributed by atoms with Crippen LogP contribution in [-0.4, -0.2) is 16.1 Å². The van der Waals surface area contributed by atoms with E-state index in [1.165, 1.54) is 0 Å². The average molecular weight is 263 g/mol. The van der Waals surface area contributed by atoms with Gasteiger partial charge in [0.05, 0.1) is 11.3 Å². The van der Waals surface area contributed by atoms with Crippen LogP contribution in [0.15, 0.2) is 54.6 Å². The molecule has 0 amide bonds. The van der Waals surface area contributed by atoms with Gasteiger partial charge in [0.15, 0.2) is 0 Å². The second-order valence-electron chi connectivity index (χ2n) is 4.72. The molecule has 1 heterocycles. The van der Waals surface area contributed by atoms with Gasteiger partial charge in [-0.05, 0) is 30.5 Å². The van der Waals surface area contributed by atoms with Gasteiger partial charge in [0.1, 0.15) is 0 Å². The van der Waals surface area contributed by atoms with Gasteiger partial charge in [0.25, 0.3) is 0 Å². The minimum Gasteiger partial charge on any atom is -0.478 e. The fraction of sp³-hybridized carbons (Fsp3) is 0.0588. The fourth-order valence-electron chi connectivity index (χ4n) is 2.35. The molecule has 0 saturated carbocycles. The third-order valence-electron chi connectivity index (χ3n) is 3.25. The smallest absolute Gasteiger partial charge is 0.335 e. The van der Waals surface area contributed by atoms with Crippen molar-refractivity contribution in [3.05, 3.63) is 65.9 Å². The lowest BCUT2D eigenvalue weighted by Crippen LogP contribution is -1.97. The van der Waals surface area contributed by atoms with Gasteiger partial charge in [0, 0.05) is 16.6 Å². The predicted molar refractivity (Wildman–Crippen MR) is 78.9 cm³/mol. The highest BCUT2D eigenvalue weighted by Gasteiger charge is 2.09. The molecular formula is C17H13NO2. The van der Waals surface area contributed by atoms with E-state index in [0.717, 1.165) is 27.7 Å². The summed E-state index contributed by atoms with van der Waals surface area (Å²) in [4.78, 5) is 15.7. The van der Waals surface area contributed by atoms with Gasteiger partial charge in [-0.15, -0.1) is 0 Å². The number of aryl methyl sites for hydroxylation is 1. The van der Waals surface area contributed by atoms with Crippen molar-refractivity contribution in [1.82, 2.24) is 4.98 Å². The number of aromatic carboxylic acids is 1. The van der Waals surface area contributed by atoms with E-state index in [1.54, 1.807) is 18.2 Å². The molecule has 0 bridgehead atoms. The van der Waals surface area contributed by atoms with Crippen molar-refractivity contribution < 1.29 is 9.90 Å². The Morgan fingerprint density at radius 2 is 1.85 bits per heavy atom. The molecule has 0 atom stereocenters. The van der Waals surface area contributed by atoms with Crippen LogP contribution in [0.1, 0.15) is 16.1 Å². The molecule has 0 aliphatic rings. The van der Waals surface area contributed by atoms with Crippen molar-refractivity contribution >= 4 is 16.7 Å². The fourth-order valence-corrected chi connectivity index (χ4v) is 2.35. The first-order valence-corrected chi connectivity index (χ1v) is 6.35. The van der Waals surface area contributed by atoms with Crippen LogP contribution >= 0.6 is 0 Å². The number of carboxylic acids is 1. The molecule has 98 valence electrons. The van der Waals surface area contributed by atoms with Crippen LogP contribution in [0.3, 0.4) is 0 Å². The number of fused-ring (bicyclic) bond motifs is 1. The number of pyridine rings is 1. The maximum Gasteiger partial charge on any atom is 0.335 e. The highest BCUT2D eigenvalue weighted by molar-refractivity contribution is 5.96. The molecule has 0 fully saturated rings. The van der Waals surface area contributed by atoms with Gasteiger partial charge in [-0.25, -0.2) is 4.79 Å². The summed E-state index contributed by atoms with van der Waals surface area (Å²) >= 11 is 0. The molecule has 0 aliphatic heterocycles. The quantitative estimate of drug-likeness (QED) is 0.762. The van der Waals surface area contributed by atoms with E-state index >= 15 is 0 Å². The normalized spacial score (nSPS) is 10.7. The van der Waals surface area contributed by atoms with Crippen LogP contribution < -0.4 is 0 Å². The Labute approximate surface area is 116 Å². The molecular weight excluding hydrogens is 250 g/mol. The Bertz CT molecular complexity index is 809. The van der Waals surface area contributed by atoms with Gasteiger partial charge in [-0.1, -0.05) is 36.4 Å². The van der Waals surface area contributed by atoms with Crippen molar-refractivity contribution in [3.8, 4) is 11.3 Å².